The molecule has 1 aromatic carbocycles. The van der Waals surface area contributed by atoms with Gasteiger partial charge in [0, 0.05) is 42.9 Å². The van der Waals surface area contributed by atoms with E-state index >= 15 is 0 Å². The Bertz CT molecular complexity index is 713. The molecule has 2 aliphatic carbocycles. The van der Waals surface area contributed by atoms with Crippen LogP contribution in [-0.4, -0.2) is 23.1 Å². The van der Waals surface area contributed by atoms with E-state index in [2.05, 4.69) is 46.5 Å². The molecule has 138 valence electrons. The first kappa shape index (κ1) is 17.5. The number of ether oxygens (including phenoxy) is 1. The van der Waals surface area contributed by atoms with Crippen molar-refractivity contribution in [3.05, 3.63) is 53.6 Å². The van der Waals surface area contributed by atoms with Gasteiger partial charge in [0.2, 0.25) is 0 Å². The number of aryl methyl sites for hydroxylation is 1. The lowest BCUT2D eigenvalue weighted by Crippen LogP contribution is -2.54. The van der Waals surface area contributed by atoms with Crippen molar-refractivity contribution < 1.29 is 4.74 Å². The van der Waals surface area contributed by atoms with Gasteiger partial charge in [-0.15, -0.1) is 0 Å². The van der Waals surface area contributed by atoms with E-state index in [1.807, 2.05) is 12.4 Å². The van der Waals surface area contributed by atoms with Crippen LogP contribution in [0, 0.1) is 11.8 Å². The zero-order valence-corrected chi connectivity index (χ0v) is 15.8. The largest absolute Gasteiger partial charge is 0.497 e. The third-order valence-electron chi connectivity index (χ3n) is 6.21. The lowest BCUT2D eigenvalue weighted by atomic mass is 9.60. The predicted octanol–water partition coefficient (Wildman–Crippen LogP) is 4.11. The number of nitrogens with zero attached hydrogens (tertiary/aromatic N) is 2. The van der Waals surface area contributed by atoms with Gasteiger partial charge < -0.3 is 10.1 Å². The third kappa shape index (κ3) is 3.35. The molecule has 1 aromatic heterocycles. The molecular weight excluding hydrogens is 322 g/mol. The minimum Gasteiger partial charge on any atom is -0.497 e. The van der Waals surface area contributed by atoms with E-state index in [1.165, 1.54) is 30.4 Å². The van der Waals surface area contributed by atoms with E-state index in [0.717, 1.165) is 42.8 Å². The molecule has 0 radical (unpaired) electrons. The second kappa shape index (κ2) is 7.75. The van der Waals surface area contributed by atoms with Gasteiger partial charge >= 0.3 is 0 Å². The number of hydrogen-bond acceptors (Lipinski definition) is 4. The highest BCUT2D eigenvalue weighted by molar-refractivity contribution is 5.34. The van der Waals surface area contributed by atoms with Crippen LogP contribution < -0.4 is 10.1 Å². The molecule has 2 aromatic rings. The summed E-state index contributed by atoms with van der Waals surface area (Å²) in [7, 11) is 1.73. The summed E-state index contributed by atoms with van der Waals surface area (Å²) in [6, 6.07) is 9.24. The van der Waals surface area contributed by atoms with E-state index in [1.54, 1.807) is 7.11 Å². The summed E-state index contributed by atoms with van der Waals surface area (Å²) < 4.78 is 5.32. The van der Waals surface area contributed by atoms with Gasteiger partial charge in [-0.05, 0) is 48.8 Å². The Balaban J connectivity index is 1.43. The van der Waals surface area contributed by atoms with Crippen LogP contribution in [0.3, 0.4) is 0 Å². The van der Waals surface area contributed by atoms with Crippen molar-refractivity contribution in [3.8, 4) is 5.75 Å². The highest BCUT2D eigenvalue weighted by Gasteiger charge is 2.52. The number of aromatic nitrogens is 2. The Labute approximate surface area is 156 Å². The van der Waals surface area contributed by atoms with Gasteiger partial charge in [0.25, 0.3) is 0 Å². The molecule has 2 fully saturated rings. The Kier molecular flexibility index (Phi) is 5.21. The second-order valence-corrected chi connectivity index (χ2v) is 7.72. The smallest absolute Gasteiger partial charge is 0.128 e. The molecule has 0 aliphatic heterocycles. The average Bonchev–Trinajstić information content (AvgIpc) is 3.08. The molecule has 2 aliphatic rings. The van der Waals surface area contributed by atoms with Gasteiger partial charge in [-0.25, -0.2) is 9.97 Å². The number of rotatable bonds is 7. The maximum absolute atomic E-state index is 5.32. The lowest BCUT2D eigenvalue weighted by Gasteiger charge is -2.50. The van der Waals surface area contributed by atoms with Crippen LogP contribution in [-0.2, 0) is 13.0 Å². The SMILES string of the molecule is CCCc1ncc(CN[C@@H]2[C@H]3CCC[C@@H]3[C@H]2c2ccc(OC)cc2)cn1. The predicted molar refractivity (Wildman–Crippen MR) is 103 cm³/mol. The molecule has 1 N–H and O–H groups in total. The first-order valence-electron chi connectivity index (χ1n) is 9.97. The molecule has 0 saturated heterocycles. The van der Waals surface area contributed by atoms with E-state index < -0.39 is 0 Å². The van der Waals surface area contributed by atoms with Crippen LogP contribution in [0.1, 0.15) is 55.5 Å². The minimum atomic E-state index is 0.561. The molecule has 0 bridgehead atoms. The highest BCUT2D eigenvalue weighted by atomic mass is 16.5. The second-order valence-electron chi connectivity index (χ2n) is 7.72. The van der Waals surface area contributed by atoms with Gasteiger partial charge in [-0.3, -0.25) is 0 Å². The minimum absolute atomic E-state index is 0.561. The van der Waals surface area contributed by atoms with Crippen molar-refractivity contribution in [2.24, 2.45) is 11.8 Å². The van der Waals surface area contributed by atoms with Crippen molar-refractivity contribution >= 4 is 0 Å². The van der Waals surface area contributed by atoms with Gasteiger partial charge in [0.05, 0.1) is 7.11 Å². The van der Waals surface area contributed by atoms with Crippen molar-refractivity contribution in [2.45, 2.75) is 57.5 Å². The first-order chi connectivity index (χ1) is 12.8. The average molecular weight is 351 g/mol. The number of hydrogen-bond donors (Lipinski definition) is 1. The van der Waals surface area contributed by atoms with Crippen LogP contribution in [0.25, 0.3) is 0 Å². The molecule has 1 heterocycles. The Hall–Kier alpha value is -1.94. The summed E-state index contributed by atoms with van der Waals surface area (Å²) in [5.41, 5.74) is 2.63. The van der Waals surface area contributed by atoms with Gasteiger partial charge in [0.1, 0.15) is 11.6 Å². The summed E-state index contributed by atoms with van der Waals surface area (Å²) in [4.78, 5) is 8.98. The number of benzene rings is 1. The summed E-state index contributed by atoms with van der Waals surface area (Å²) in [5.74, 6) is 4.16. The molecule has 4 nitrogen and oxygen atoms in total. The maximum Gasteiger partial charge on any atom is 0.128 e. The Morgan fingerprint density at radius 2 is 1.81 bits per heavy atom. The van der Waals surface area contributed by atoms with Crippen molar-refractivity contribution in [1.82, 2.24) is 15.3 Å². The van der Waals surface area contributed by atoms with Crippen LogP contribution in [0.15, 0.2) is 36.7 Å². The van der Waals surface area contributed by atoms with Crippen molar-refractivity contribution in [3.63, 3.8) is 0 Å². The molecule has 4 heteroatoms. The molecule has 0 spiro atoms. The van der Waals surface area contributed by atoms with Gasteiger partial charge in [0.15, 0.2) is 0 Å². The summed E-state index contributed by atoms with van der Waals surface area (Å²) in [5, 5.41) is 3.82. The Morgan fingerprint density at radius 1 is 1.08 bits per heavy atom. The normalized spacial score (nSPS) is 27.0. The first-order valence-corrected chi connectivity index (χ1v) is 9.97. The lowest BCUT2D eigenvalue weighted by molar-refractivity contribution is 0.0940. The fourth-order valence-corrected chi connectivity index (χ4v) is 4.92. The summed E-state index contributed by atoms with van der Waals surface area (Å²) in [6.07, 6.45) is 10.1. The highest BCUT2D eigenvalue weighted by Crippen LogP contribution is 2.56. The van der Waals surface area contributed by atoms with Crippen LogP contribution in [0.5, 0.6) is 5.75 Å². The van der Waals surface area contributed by atoms with Crippen LogP contribution in [0.4, 0.5) is 0 Å². The number of fused-ring (bicyclic) bond motifs is 1. The monoisotopic (exact) mass is 351 g/mol. The molecule has 2 saturated carbocycles. The van der Waals surface area contributed by atoms with E-state index in [9.17, 15) is 0 Å². The third-order valence-corrected chi connectivity index (χ3v) is 6.21. The maximum atomic E-state index is 5.32. The fraction of sp³-hybridized carbons (Fsp3) is 0.545. The number of methoxy groups -OCH3 is 1. The van der Waals surface area contributed by atoms with Crippen LogP contribution in [0.2, 0.25) is 0 Å². The summed E-state index contributed by atoms with van der Waals surface area (Å²) in [6.45, 7) is 3.01. The van der Waals surface area contributed by atoms with Crippen molar-refractivity contribution in [2.75, 3.05) is 7.11 Å². The topological polar surface area (TPSA) is 47.0 Å². The zero-order valence-electron chi connectivity index (χ0n) is 15.8. The summed E-state index contributed by atoms with van der Waals surface area (Å²) >= 11 is 0. The Morgan fingerprint density at radius 3 is 2.50 bits per heavy atom. The molecule has 4 rings (SSSR count). The van der Waals surface area contributed by atoms with E-state index in [0.29, 0.717) is 12.0 Å². The quantitative estimate of drug-likeness (QED) is 0.815. The standard InChI is InChI=1S/C22H29N3O/c1-3-5-20-23-12-15(13-24-20)14-25-22-19-7-4-6-18(19)21(22)16-8-10-17(26-2)11-9-16/h8-13,18-19,21-22,25H,3-7,14H2,1-2H3/t18-,19-,21+,22+/m0/s1. The molecule has 0 unspecified atom stereocenters. The van der Waals surface area contributed by atoms with Gasteiger partial charge in [-0.2, -0.15) is 0 Å². The zero-order chi connectivity index (χ0) is 17.9. The van der Waals surface area contributed by atoms with E-state index in [-0.39, 0.29) is 0 Å². The molecule has 4 atom stereocenters. The van der Waals surface area contributed by atoms with E-state index in [4.69, 9.17) is 4.74 Å². The molecule has 0 amide bonds. The number of nitrogens with one attached hydrogen (secondary N) is 1. The molecule has 26 heavy (non-hydrogen) atoms. The van der Waals surface area contributed by atoms with Gasteiger partial charge in [-0.1, -0.05) is 25.5 Å². The fourth-order valence-electron chi connectivity index (χ4n) is 4.92. The molecular formula is C22H29N3O. The van der Waals surface area contributed by atoms with Crippen LogP contribution >= 0.6 is 0 Å². The van der Waals surface area contributed by atoms with Crippen molar-refractivity contribution in [1.29, 1.82) is 0 Å².